The van der Waals surface area contributed by atoms with Gasteiger partial charge in [-0.15, -0.1) is 0 Å². The average Bonchev–Trinajstić information content (AvgIpc) is 2.74. The summed E-state index contributed by atoms with van der Waals surface area (Å²) in [5.74, 6) is 0.955. The number of carbonyl (C=O) groups excluding carboxylic acids is 1. The van der Waals surface area contributed by atoms with Gasteiger partial charge in [0.25, 0.3) is 5.91 Å². The molecule has 1 amide bonds. The standard InChI is InChI=1S/C21H20N2O4S/c1-26-18-11-10-16(13-19(18)27-2)23-20(24)17-9-6-12-22-21(17)28(25)14-15-7-4-3-5-8-15/h3-13H,14H2,1-2H3,(H,23,24). The van der Waals surface area contributed by atoms with Crippen LogP contribution >= 0.6 is 0 Å². The zero-order valence-corrected chi connectivity index (χ0v) is 16.4. The highest BCUT2D eigenvalue weighted by Crippen LogP contribution is 2.30. The number of anilines is 1. The predicted molar refractivity (Wildman–Crippen MR) is 108 cm³/mol. The zero-order chi connectivity index (χ0) is 19.9. The number of amides is 1. The van der Waals surface area contributed by atoms with Crippen LogP contribution in [0.4, 0.5) is 5.69 Å². The molecule has 1 aromatic heterocycles. The molecule has 0 aliphatic carbocycles. The Kier molecular flexibility index (Phi) is 6.39. The summed E-state index contributed by atoms with van der Waals surface area (Å²) in [6, 6.07) is 17.8. The number of nitrogens with one attached hydrogen (secondary N) is 1. The second kappa shape index (κ2) is 9.14. The first-order valence-corrected chi connectivity index (χ1v) is 9.85. The van der Waals surface area contributed by atoms with Gasteiger partial charge in [0, 0.05) is 18.0 Å². The number of aromatic nitrogens is 1. The zero-order valence-electron chi connectivity index (χ0n) is 15.5. The number of rotatable bonds is 7. The number of methoxy groups -OCH3 is 2. The Hall–Kier alpha value is -3.19. The van der Waals surface area contributed by atoms with Gasteiger partial charge in [-0.2, -0.15) is 0 Å². The molecular weight excluding hydrogens is 376 g/mol. The van der Waals surface area contributed by atoms with Gasteiger partial charge in [0.2, 0.25) is 0 Å². The minimum Gasteiger partial charge on any atom is -0.493 e. The van der Waals surface area contributed by atoms with Crippen LogP contribution in [-0.4, -0.2) is 29.3 Å². The fourth-order valence-corrected chi connectivity index (χ4v) is 3.87. The van der Waals surface area contributed by atoms with Crippen LogP contribution in [0.2, 0.25) is 0 Å². The van der Waals surface area contributed by atoms with Gasteiger partial charge < -0.3 is 14.8 Å². The molecule has 0 aliphatic rings. The molecule has 1 heterocycles. The van der Waals surface area contributed by atoms with Crippen molar-refractivity contribution in [2.24, 2.45) is 0 Å². The van der Waals surface area contributed by atoms with Gasteiger partial charge in [-0.1, -0.05) is 30.3 Å². The van der Waals surface area contributed by atoms with Gasteiger partial charge in [0.1, 0.15) is 5.03 Å². The highest BCUT2D eigenvalue weighted by Gasteiger charge is 2.18. The van der Waals surface area contributed by atoms with Crippen molar-refractivity contribution in [1.29, 1.82) is 0 Å². The molecule has 1 N–H and O–H groups in total. The molecule has 28 heavy (non-hydrogen) atoms. The van der Waals surface area contributed by atoms with Crippen molar-refractivity contribution >= 4 is 22.4 Å². The topological polar surface area (TPSA) is 77.5 Å². The molecule has 0 spiro atoms. The van der Waals surface area contributed by atoms with E-state index < -0.39 is 16.7 Å². The van der Waals surface area contributed by atoms with E-state index in [9.17, 15) is 9.00 Å². The van der Waals surface area contributed by atoms with Crippen LogP contribution < -0.4 is 14.8 Å². The molecule has 0 saturated carbocycles. The lowest BCUT2D eigenvalue weighted by molar-refractivity contribution is 0.102. The Balaban J connectivity index is 1.82. The van der Waals surface area contributed by atoms with Gasteiger partial charge in [0.15, 0.2) is 11.5 Å². The summed E-state index contributed by atoms with van der Waals surface area (Å²) in [6.45, 7) is 0. The summed E-state index contributed by atoms with van der Waals surface area (Å²) >= 11 is 0. The normalized spacial score (nSPS) is 11.5. The third-order valence-electron chi connectivity index (χ3n) is 4.01. The minimum absolute atomic E-state index is 0.254. The van der Waals surface area contributed by atoms with Gasteiger partial charge >= 0.3 is 0 Å². The molecule has 0 saturated heterocycles. The maximum atomic E-state index is 12.8. The van der Waals surface area contributed by atoms with E-state index in [-0.39, 0.29) is 16.3 Å². The molecule has 144 valence electrons. The number of hydrogen-bond donors (Lipinski definition) is 1. The average molecular weight is 396 g/mol. The predicted octanol–water partition coefficient (Wildman–Crippen LogP) is 3.66. The maximum Gasteiger partial charge on any atom is 0.258 e. The first-order valence-electron chi connectivity index (χ1n) is 8.53. The molecule has 0 fully saturated rings. The Labute approximate surface area is 166 Å². The van der Waals surface area contributed by atoms with E-state index >= 15 is 0 Å². The van der Waals surface area contributed by atoms with Crippen LogP contribution in [0.15, 0.2) is 71.9 Å². The number of nitrogens with zero attached hydrogens (tertiary/aromatic N) is 1. The SMILES string of the molecule is COc1ccc(NC(=O)c2cccnc2S(=O)Cc2ccccc2)cc1OC. The van der Waals surface area contributed by atoms with Gasteiger partial charge in [-0.25, -0.2) is 4.98 Å². The summed E-state index contributed by atoms with van der Waals surface area (Å²) in [5, 5.41) is 3.05. The monoisotopic (exact) mass is 396 g/mol. The Morgan fingerprint density at radius 2 is 1.75 bits per heavy atom. The molecule has 3 aromatic rings. The summed E-state index contributed by atoms with van der Waals surface area (Å²) in [5.41, 5.74) is 1.72. The molecule has 2 aromatic carbocycles. The molecule has 0 radical (unpaired) electrons. The molecule has 6 nitrogen and oxygen atoms in total. The highest BCUT2D eigenvalue weighted by molar-refractivity contribution is 7.84. The largest absolute Gasteiger partial charge is 0.493 e. The Morgan fingerprint density at radius 1 is 1.00 bits per heavy atom. The van der Waals surface area contributed by atoms with Crippen LogP contribution in [0.1, 0.15) is 15.9 Å². The number of hydrogen-bond acceptors (Lipinski definition) is 5. The first kappa shape index (κ1) is 19.6. The molecule has 1 atom stereocenters. The summed E-state index contributed by atoms with van der Waals surface area (Å²) in [7, 11) is 1.61. The second-order valence-electron chi connectivity index (χ2n) is 5.86. The van der Waals surface area contributed by atoms with Crippen LogP contribution in [0, 0.1) is 0 Å². The quantitative estimate of drug-likeness (QED) is 0.659. The van der Waals surface area contributed by atoms with Crippen molar-refractivity contribution in [2.45, 2.75) is 10.8 Å². The molecule has 0 bridgehead atoms. The maximum absolute atomic E-state index is 12.8. The summed E-state index contributed by atoms with van der Waals surface area (Å²) in [6.07, 6.45) is 1.53. The van der Waals surface area contributed by atoms with Crippen molar-refractivity contribution in [2.75, 3.05) is 19.5 Å². The summed E-state index contributed by atoms with van der Waals surface area (Å²) < 4.78 is 23.3. The van der Waals surface area contributed by atoms with Gasteiger partial charge in [-0.3, -0.25) is 9.00 Å². The lowest BCUT2D eigenvalue weighted by Crippen LogP contribution is -2.16. The van der Waals surface area contributed by atoms with Crippen molar-refractivity contribution in [3.63, 3.8) is 0 Å². The molecular formula is C21H20N2O4S. The smallest absolute Gasteiger partial charge is 0.258 e. The van der Waals surface area contributed by atoms with Crippen molar-refractivity contribution < 1.29 is 18.5 Å². The molecule has 7 heteroatoms. The van der Waals surface area contributed by atoms with Crippen LogP contribution in [0.5, 0.6) is 11.5 Å². The van der Waals surface area contributed by atoms with E-state index in [0.717, 1.165) is 5.56 Å². The Morgan fingerprint density at radius 3 is 2.46 bits per heavy atom. The van der Waals surface area contributed by atoms with E-state index in [1.165, 1.54) is 13.3 Å². The number of carbonyl (C=O) groups is 1. The molecule has 0 aliphatic heterocycles. The Bertz CT molecular complexity index is 993. The van der Waals surface area contributed by atoms with Gasteiger partial charge in [0.05, 0.1) is 36.3 Å². The lowest BCUT2D eigenvalue weighted by Gasteiger charge is -2.12. The first-order chi connectivity index (χ1) is 13.6. The lowest BCUT2D eigenvalue weighted by atomic mass is 10.2. The van der Waals surface area contributed by atoms with E-state index in [1.807, 2.05) is 30.3 Å². The fourth-order valence-electron chi connectivity index (χ4n) is 2.65. The van der Waals surface area contributed by atoms with Gasteiger partial charge in [-0.05, 0) is 29.8 Å². The molecule has 1 unspecified atom stereocenters. The second-order valence-corrected chi connectivity index (χ2v) is 7.22. The fraction of sp³-hybridized carbons (Fsp3) is 0.143. The minimum atomic E-state index is -1.45. The third-order valence-corrected chi connectivity index (χ3v) is 5.37. The van der Waals surface area contributed by atoms with Crippen molar-refractivity contribution in [3.8, 4) is 11.5 Å². The third kappa shape index (κ3) is 4.55. The van der Waals surface area contributed by atoms with Crippen LogP contribution in [0.3, 0.4) is 0 Å². The van der Waals surface area contributed by atoms with E-state index in [0.29, 0.717) is 17.2 Å². The summed E-state index contributed by atoms with van der Waals surface area (Å²) in [4.78, 5) is 17.0. The van der Waals surface area contributed by atoms with E-state index in [4.69, 9.17) is 9.47 Å². The van der Waals surface area contributed by atoms with E-state index in [2.05, 4.69) is 10.3 Å². The highest BCUT2D eigenvalue weighted by atomic mass is 32.2. The van der Waals surface area contributed by atoms with E-state index in [1.54, 1.807) is 37.4 Å². The van der Waals surface area contributed by atoms with Crippen LogP contribution in [0.25, 0.3) is 0 Å². The van der Waals surface area contributed by atoms with Crippen LogP contribution in [-0.2, 0) is 16.6 Å². The number of pyridine rings is 1. The van der Waals surface area contributed by atoms with Crippen molar-refractivity contribution in [3.05, 3.63) is 78.0 Å². The molecule has 3 rings (SSSR count). The number of benzene rings is 2. The number of ether oxygens (including phenoxy) is 2. The van der Waals surface area contributed by atoms with Crippen molar-refractivity contribution in [1.82, 2.24) is 4.98 Å².